The van der Waals surface area contributed by atoms with E-state index >= 15 is 0 Å². The lowest BCUT2D eigenvalue weighted by atomic mass is 10.1. The molecule has 0 aromatic heterocycles. The van der Waals surface area contributed by atoms with Crippen molar-refractivity contribution in [2.45, 2.75) is 40.2 Å². The van der Waals surface area contributed by atoms with Crippen LogP contribution in [-0.4, -0.2) is 20.1 Å². The lowest BCUT2D eigenvalue weighted by molar-refractivity contribution is 0.583. The fourth-order valence-electron chi connectivity index (χ4n) is 1.95. The average Bonchev–Trinajstić information content (AvgIpc) is 2.35. The number of nitrogens with zero attached hydrogens (tertiary/aromatic N) is 1. The maximum Gasteiger partial charge on any atom is 0.125 e. The summed E-state index contributed by atoms with van der Waals surface area (Å²) in [6, 6.07) is 5.30. The van der Waals surface area contributed by atoms with Crippen molar-refractivity contribution < 1.29 is 4.39 Å². The van der Waals surface area contributed by atoms with E-state index in [9.17, 15) is 4.39 Å². The summed E-state index contributed by atoms with van der Waals surface area (Å²) in [6.45, 7) is 9.21. The van der Waals surface area contributed by atoms with Crippen LogP contribution < -0.4 is 10.2 Å². The predicted octanol–water partition coefficient (Wildman–Crippen LogP) is 3.81. The van der Waals surface area contributed by atoms with Crippen LogP contribution in [0.5, 0.6) is 0 Å². The predicted molar refractivity (Wildman–Crippen MR) is 81.1 cm³/mol. The molecule has 108 valence electrons. The number of anilines is 1. The molecule has 0 spiro atoms. The summed E-state index contributed by atoms with van der Waals surface area (Å²) < 4.78 is 13.6. The van der Waals surface area contributed by atoms with Gasteiger partial charge in [-0.2, -0.15) is 0 Å². The van der Waals surface area contributed by atoms with Gasteiger partial charge in [0.2, 0.25) is 0 Å². The second kappa shape index (κ2) is 8.16. The summed E-state index contributed by atoms with van der Waals surface area (Å²) in [5.41, 5.74) is 1.98. The van der Waals surface area contributed by atoms with Crippen molar-refractivity contribution in [3.63, 3.8) is 0 Å². The standard InChI is InChI=1S/C16H27FN2/c1-5-7-18-12-14-9-15(17)11-16(10-14)19(4)8-6-13(2)3/h9-11,13,18H,5-8,12H2,1-4H3. The zero-order valence-electron chi connectivity index (χ0n) is 12.7. The topological polar surface area (TPSA) is 15.3 Å². The minimum Gasteiger partial charge on any atom is -0.374 e. The summed E-state index contributed by atoms with van der Waals surface area (Å²) in [6.07, 6.45) is 2.22. The van der Waals surface area contributed by atoms with Crippen LogP contribution in [0.25, 0.3) is 0 Å². The number of rotatable bonds is 8. The van der Waals surface area contributed by atoms with Crippen molar-refractivity contribution in [1.29, 1.82) is 0 Å². The second-order valence-corrected chi connectivity index (χ2v) is 5.60. The van der Waals surface area contributed by atoms with Gasteiger partial charge in [0, 0.05) is 25.8 Å². The van der Waals surface area contributed by atoms with Crippen molar-refractivity contribution in [1.82, 2.24) is 5.32 Å². The molecule has 0 amide bonds. The van der Waals surface area contributed by atoms with Crippen molar-refractivity contribution in [2.24, 2.45) is 5.92 Å². The van der Waals surface area contributed by atoms with Crippen molar-refractivity contribution >= 4 is 5.69 Å². The molecule has 0 aliphatic carbocycles. The molecule has 0 unspecified atom stereocenters. The molecule has 1 N–H and O–H groups in total. The molecule has 0 bridgehead atoms. The number of hydrogen-bond donors (Lipinski definition) is 1. The van der Waals surface area contributed by atoms with Crippen LogP contribution in [-0.2, 0) is 6.54 Å². The highest BCUT2D eigenvalue weighted by molar-refractivity contribution is 5.48. The molecule has 1 aromatic carbocycles. The van der Waals surface area contributed by atoms with Gasteiger partial charge in [0.15, 0.2) is 0 Å². The molecule has 19 heavy (non-hydrogen) atoms. The van der Waals surface area contributed by atoms with E-state index in [-0.39, 0.29) is 5.82 Å². The summed E-state index contributed by atoms with van der Waals surface area (Å²) in [5, 5.41) is 3.31. The van der Waals surface area contributed by atoms with Crippen LogP contribution in [0.4, 0.5) is 10.1 Å². The van der Waals surface area contributed by atoms with Crippen molar-refractivity contribution in [2.75, 3.05) is 25.0 Å². The average molecular weight is 266 g/mol. The molecule has 0 atom stereocenters. The molecule has 0 saturated heterocycles. The molecule has 1 rings (SSSR count). The highest BCUT2D eigenvalue weighted by Gasteiger charge is 2.06. The van der Waals surface area contributed by atoms with E-state index in [1.54, 1.807) is 12.1 Å². The number of benzene rings is 1. The van der Waals surface area contributed by atoms with Gasteiger partial charge in [0.1, 0.15) is 5.82 Å². The molecule has 2 nitrogen and oxygen atoms in total. The van der Waals surface area contributed by atoms with Gasteiger partial charge in [-0.1, -0.05) is 20.8 Å². The third-order valence-corrected chi connectivity index (χ3v) is 3.18. The van der Waals surface area contributed by atoms with Gasteiger partial charge in [-0.05, 0) is 49.1 Å². The Balaban J connectivity index is 2.66. The van der Waals surface area contributed by atoms with Crippen LogP contribution >= 0.6 is 0 Å². The maximum absolute atomic E-state index is 13.6. The Bertz CT molecular complexity index is 377. The van der Waals surface area contributed by atoms with Crippen molar-refractivity contribution in [3.8, 4) is 0 Å². The van der Waals surface area contributed by atoms with E-state index < -0.39 is 0 Å². The third-order valence-electron chi connectivity index (χ3n) is 3.18. The van der Waals surface area contributed by atoms with Gasteiger partial charge in [-0.15, -0.1) is 0 Å². The Hall–Kier alpha value is -1.09. The van der Waals surface area contributed by atoms with E-state index in [1.165, 1.54) is 0 Å². The van der Waals surface area contributed by atoms with Crippen LogP contribution in [0, 0.1) is 11.7 Å². The Morgan fingerprint density at radius 3 is 2.63 bits per heavy atom. The minimum atomic E-state index is -0.151. The van der Waals surface area contributed by atoms with E-state index in [4.69, 9.17) is 0 Å². The molecule has 0 fully saturated rings. The number of hydrogen-bond acceptors (Lipinski definition) is 2. The smallest absolute Gasteiger partial charge is 0.125 e. The van der Waals surface area contributed by atoms with Gasteiger partial charge in [0.05, 0.1) is 0 Å². The fraction of sp³-hybridized carbons (Fsp3) is 0.625. The molecule has 0 radical (unpaired) electrons. The Labute approximate surface area is 117 Å². The SMILES string of the molecule is CCCNCc1cc(F)cc(N(C)CCC(C)C)c1. The van der Waals surface area contributed by atoms with Crippen LogP contribution in [0.15, 0.2) is 18.2 Å². The normalized spacial score (nSPS) is 11.1. The van der Waals surface area contributed by atoms with Crippen LogP contribution in [0.1, 0.15) is 39.2 Å². The molecule has 0 heterocycles. The molecular weight excluding hydrogens is 239 g/mol. The Morgan fingerprint density at radius 2 is 2.00 bits per heavy atom. The summed E-state index contributed by atoms with van der Waals surface area (Å²) in [4.78, 5) is 2.13. The molecule has 0 aliphatic rings. The van der Waals surface area contributed by atoms with Gasteiger partial charge in [-0.25, -0.2) is 4.39 Å². The quantitative estimate of drug-likeness (QED) is 0.720. The van der Waals surface area contributed by atoms with Crippen LogP contribution in [0.3, 0.4) is 0 Å². The summed E-state index contributed by atoms with van der Waals surface area (Å²) >= 11 is 0. The first-order valence-electron chi connectivity index (χ1n) is 7.24. The molecule has 1 aromatic rings. The third kappa shape index (κ3) is 6.06. The monoisotopic (exact) mass is 266 g/mol. The van der Waals surface area contributed by atoms with Crippen molar-refractivity contribution in [3.05, 3.63) is 29.6 Å². The highest BCUT2D eigenvalue weighted by Crippen LogP contribution is 2.18. The van der Waals surface area contributed by atoms with Gasteiger partial charge >= 0.3 is 0 Å². The molecule has 3 heteroatoms. The molecule has 0 aliphatic heterocycles. The van der Waals surface area contributed by atoms with E-state index in [0.29, 0.717) is 5.92 Å². The zero-order valence-corrected chi connectivity index (χ0v) is 12.7. The minimum absolute atomic E-state index is 0.151. The Kier molecular flexibility index (Phi) is 6.85. The molecular formula is C16H27FN2. The molecule has 0 saturated carbocycles. The lowest BCUT2D eigenvalue weighted by Gasteiger charge is -2.21. The lowest BCUT2D eigenvalue weighted by Crippen LogP contribution is -2.21. The number of nitrogens with one attached hydrogen (secondary N) is 1. The van der Waals surface area contributed by atoms with Gasteiger partial charge in [-0.3, -0.25) is 0 Å². The van der Waals surface area contributed by atoms with E-state index in [2.05, 4.69) is 37.1 Å². The van der Waals surface area contributed by atoms with Crippen LogP contribution in [0.2, 0.25) is 0 Å². The Morgan fingerprint density at radius 1 is 1.26 bits per heavy atom. The maximum atomic E-state index is 13.6. The van der Waals surface area contributed by atoms with E-state index in [1.807, 2.05) is 7.05 Å². The zero-order chi connectivity index (χ0) is 14.3. The van der Waals surface area contributed by atoms with Gasteiger partial charge < -0.3 is 10.2 Å². The number of halogens is 1. The fourth-order valence-corrected chi connectivity index (χ4v) is 1.95. The van der Waals surface area contributed by atoms with E-state index in [0.717, 1.165) is 43.7 Å². The summed E-state index contributed by atoms with van der Waals surface area (Å²) in [7, 11) is 2.03. The second-order valence-electron chi connectivity index (χ2n) is 5.60. The first-order chi connectivity index (χ1) is 9.02. The highest BCUT2D eigenvalue weighted by atomic mass is 19.1. The largest absolute Gasteiger partial charge is 0.374 e. The first kappa shape index (κ1) is 16.0. The summed E-state index contributed by atoms with van der Waals surface area (Å²) in [5.74, 6) is 0.517. The first-order valence-corrected chi connectivity index (χ1v) is 7.24. The van der Waals surface area contributed by atoms with Gasteiger partial charge in [0.25, 0.3) is 0 Å².